The van der Waals surface area contributed by atoms with Gasteiger partial charge in [-0.1, -0.05) is 0 Å². The van der Waals surface area contributed by atoms with Crippen LogP contribution < -0.4 is 47.9 Å². The molecule has 0 spiro atoms. The fourth-order valence-corrected chi connectivity index (χ4v) is 21.7. The van der Waals surface area contributed by atoms with Crippen LogP contribution in [0, 0.1) is 0 Å². The SMILES string of the molecule is CSCC[C@H](NC(=O)CNC(=O)[C@@H]1CCCN1C(=O)[C@@H]1C[C@@H](O)CN1C(=O)CNC(=O)[C@@H]1CCCN1C(=O)[C@@H]1C[C@@H](O)CN1C(=O)CNC(=O)[C@@H]1CCCN1C(=O)[C@@H]1C[C@@H](O)CN1)C(=O)N1CCC[C@H]1C(=O)NCC(=O)N1C[C@H](O)C[C@H]1C(=O)N1CCC[C@H]1C(=O)NCC(=O)N1C[C@H](O)C[C@H]1C(=O)N1CCC[C@H]1C(=O)NCC(=O)N1C[C@H](O)C[C@H]1C(=O)N1CCC[C@H]1C(=O)NCC(=O)O. The third kappa shape index (κ3) is 23.0. The molecular weight excluding hydrogens is 1780 g/mol. The Morgan fingerprint density at radius 3 is 0.784 bits per heavy atom. The molecule has 0 unspecified atom stereocenters. The molecule has 13 saturated heterocycles. The minimum atomic E-state index is -1.31. The van der Waals surface area contributed by atoms with Gasteiger partial charge in [-0.3, -0.25) is 101 Å². The second-order valence-corrected chi connectivity index (χ2v) is 37.7. The van der Waals surface area contributed by atoms with Gasteiger partial charge in [0.25, 0.3) is 0 Å². The number of aliphatic carboxylic acids is 1. The van der Waals surface area contributed by atoms with Crippen LogP contribution in [0.4, 0.5) is 0 Å². The Balaban J connectivity index is 0.534. The minimum absolute atomic E-state index is 0.0357. The van der Waals surface area contributed by atoms with Crippen molar-refractivity contribution >= 4 is 136 Å². The largest absolute Gasteiger partial charge is 0.480 e. The average molecular weight is 1910 g/mol. The molecule has 0 aromatic heterocycles. The molecule has 0 saturated carbocycles. The van der Waals surface area contributed by atoms with Crippen LogP contribution in [0.25, 0.3) is 0 Å². The van der Waals surface area contributed by atoms with E-state index in [9.17, 15) is 131 Å². The van der Waals surface area contributed by atoms with E-state index in [0.29, 0.717) is 63.7 Å². The molecule has 13 aliphatic heterocycles. The molecule has 738 valence electrons. The summed E-state index contributed by atoms with van der Waals surface area (Å²) in [7, 11) is 0. The van der Waals surface area contributed by atoms with Crippen molar-refractivity contribution in [2.75, 3.05) is 143 Å². The molecule has 20 atom stereocenters. The number of hydrogen-bond acceptors (Lipinski definition) is 29. The predicted molar refractivity (Wildman–Crippen MR) is 460 cm³/mol. The van der Waals surface area contributed by atoms with Crippen molar-refractivity contribution < 1.29 is 136 Å². The number of β-amino-alcohol motifs (C(OH)–C–C–N with tert-alkyl or cyclic N) is 6. The summed E-state index contributed by atoms with van der Waals surface area (Å²) >= 11 is 1.36. The number of carboxylic acid groups (broad SMARTS) is 1. The number of rotatable bonds is 32. The van der Waals surface area contributed by atoms with Gasteiger partial charge in [-0.2, -0.15) is 11.8 Å². The van der Waals surface area contributed by atoms with Gasteiger partial charge in [-0.15, -0.1) is 0 Å². The minimum Gasteiger partial charge on any atom is -0.480 e. The fourth-order valence-electron chi connectivity index (χ4n) is 21.2. The molecule has 13 aliphatic rings. The summed E-state index contributed by atoms with van der Waals surface area (Å²) in [5.41, 5.74) is 0. The van der Waals surface area contributed by atoms with E-state index in [0.717, 1.165) is 24.5 Å². The molecule has 13 fully saturated rings. The summed E-state index contributed by atoms with van der Waals surface area (Å²) in [5, 5.41) is 96.2. The quantitative estimate of drug-likeness (QED) is 0.0297. The van der Waals surface area contributed by atoms with Crippen molar-refractivity contribution in [1.82, 2.24) is 107 Å². The van der Waals surface area contributed by atoms with Crippen LogP contribution in [-0.2, 0) is 101 Å². The normalized spacial score (nSPS) is 29.7. The molecule has 16 N–H and O–H groups in total. The van der Waals surface area contributed by atoms with Gasteiger partial charge in [0.1, 0.15) is 85.1 Å². The van der Waals surface area contributed by atoms with E-state index in [2.05, 4.69) is 47.9 Å². The number of carboxylic acids is 1. The number of amides is 20. The smallest absolute Gasteiger partial charge is 0.322 e. The predicted octanol–water partition coefficient (Wildman–Crippen LogP) is -12.4. The molecule has 13 heterocycles. The maximum Gasteiger partial charge on any atom is 0.322 e. The number of thioether (sulfide) groups is 1. The molecule has 50 heteroatoms. The maximum atomic E-state index is 14.5. The lowest BCUT2D eigenvalue weighted by Crippen LogP contribution is -2.57. The Hall–Kier alpha value is -11.1. The van der Waals surface area contributed by atoms with Crippen LogP contribution in [0.3, 0.4) is 0 Å². The van der Waals surface area contributed by atoms with E-state index >= 15 is 0 Å². The Kier molecular flexibility index (Phi) is 33.4. The van der Waals surface area contributed by atoms with Crippen LogP contribution >= 0.6 is 11.8 Å². The topological polar surface area (TPSA) is 647 Å². The summed E-state index contributed by atoms with van der Waals surface area (Å²) in [6.07, 6.45) is -1.52. The van der Waals surface area contributed by atoms with Crippen molar-refractivity contribution in [2.24, 2.45) is 0 Å². The third-order valence-corrected chi connectivity index (χ3v) is 28.5. The van der Waals surface area contributed by atoms with E-state index in [-0.39, 0.29) is 168 Å². The first-order valence-corrected chi connectivity index (χ1v) is 47.8. The molecule has 134 heavy (non-hydrogen) atoms. The first-order valence-electron chi connectivity index (χ1n) is 46.4. The van der Waals surface area contributed by atoms with Gasteiger partial charge in [-0.25, -0.2) is 0 Å². The number of aliphatic hydroxyl groups excluding tert-OH is 6. The zero-order valence-electron chi connectivity index (χ0n) is 74.7. The highest BCUT2D eigenvalue weighted by molar-refractivity contribution is 7.98. The first kappa shape index (κ1) is 100. The van der Waals surface area contributed by atoms with Gasteiger partial charge in [-0.05, 0) is 115 Å². The molecule has 20 amide bonds. The monoisotopic (exact) mass is 1910 g/mol. The van der Waals surface area contributed by atoms with Crippen LogP contribution in [0.1, 0.15) is 135 Å². The van der Waals surface area contributed by atoms with Gasteiger partial charge in [0.15, 0.2) is 0 Å². The lowest BCUT2D eigenvalue weighted by atomic mass is 10.1. The van der Waals surface area contributed by atoms with Gasteiger partial charge in [0, 0.05) is 117 Å². The second-order valence-electron chi connectivity index (χ2n) is 36.8. The summed E-state index contributed by atoms with van der Waals surface area (Å²) in [5.74, 6) is -14.9. The Morgan fingerprint density at radius 2 is 0.537 bits per heavy atom. The Bertz CT molecular complexity index is 4540. The average Bonchev–Trinajstić information content (AvgIpc) is 1.59. The number of nitrogens with zero attached hydrogens (tertiary/aromatic N) is 12. The third-order valence-electron chi connectivity index (χ3n) is 27.8. The Morgan fingerprint density at radius 1 is 0.299 bits per heavy atom. The van der Waals surface area contributed by atoms with Crippen LogP contribution in [-0.4, -0.2) is 483 Å². The van der Waals surface area contributed by atoms with Crippen LogP contribution in [0.5, 0.6) is 0 Å². The Labute approximate surface area is 774 Å². The number of carbonyl (C=O) groups is 21. The van der Waals surface area contributed by atoms with E-state index in [1.807, 2.05) is 0 Å². The van der Waals surface area contributed by atoms with E-state index in [1.165, 1.54) is 46.1 Å². The molecule has 13 rings (SSSR count). The van der Waals surface area contributed by atoms with E-state index in [1.54, 1.807) is 6.26 Å². The van der Waals surface area contributed by atoms with Gasteiger partial charge in [0.05, 0.1) is 81.9 Å². The highest BCUT2D eigenvalue weighted by Gasteiger charge is 2.53. The van der Waals surface area contributed by atoms with Crippen molar-refractivity contribution in [1.29, 1.82) is 0 Å². The molecule has 0 bridgehead atoms. The summed E-state index contributed by atoms with van der Waals surface area (Å²) in [4.78, 5) is 304. The molecule has 0 aromatic rings. The van der Waals surface area contributed by atoms with Crippen molar-refractivity contribution in [2.45, 2.75) is 256 Å². The zero-order valence-corrected chi connectivity index (χ0v) is 75.5. The van der Waals surface area contributed by atoms with Crippen LogP contribution in [0.2, 0.25) is 0 Å². The highest BCUT2D eigenvalue weighted by atomic mass is 32.2. The number of aliphatic hydroxyl groups is 6. The summed E-state index contributed by atoms with van der Waals surface area (Å²) < 4.78 is 0. The second kappa shape index (κ2) is 44.6. The van der Waals surface area contributed by atoms with Crippen molar-refractivity contribution in [3.8, 4) is 0 Å². The zero-order chi connectivity index (χ0) is 96.4. The molecule has 0 aromatic carbocycles. The number of nitrogens with one attached hydrogen (secondary N) is 9. The van der Waals surface area contributed by atoms with Gasteiger partial charge >= 0.3 is 5.97 Å². The summed E-state index contributed by atoms with van der Waals surface area (Å²) in [6, 6.07) is -15.7. The first-order chi connectivity index (χ1) is 64.0. The van der Waals surface area contributed by atoms with Crippen molar-refractivity contribution in [3.63, 3.8) is 0 Å². The summed E-state index contributed by atoms with van der Waals surface area (Å²) in [6.45, 7) is -5.08. The van der Waals surface area contributed by atoms with E-state index in [4.69, 9.17) is 5.11 Å². The number of carbonyl (C=O) groups excluding carboxylic acids is 20. The molecular formula is C84H123N21O28S. The standard InChI is InChI=1S/C84H123N21O28S/c1-134-24-16-50(93-64(112)32-86-71(120)54-11-4-19-96(54)80(129)59-26-45(107)39-101(59)67(115)35-89-74(123)55-12-6-21-98(55)82(131)61-28-47(109)41-103(61)66(114)34-88-73(122)53-10-3-18-95(53)79(128)51-25-44(106)31-85-51)78(127)94-17-2-9-52(94)72(121)87-33-65(113)102-40-46(108)27-60(102)81(130)97-20-5-13-56(97)75(124)90-36-68(116)104-42-48(110)29-62(104)83(132)99-22-7-14-57(99)76(125)91-37-69(117)105-43-49(111)30-63(105)84(133)100-23-8-15-58(100)77(126)92-38-70(118)119/h44-63,85,106-111H,2-43H2,1H3,(H,86,120)(H,87,121)(H,88,122)(H,89,123)(H,90,124)(H,91,125)(H,92,126)(H,93,112)(H,118,119)/t44-,45-,46-,47-,48-,49-,50+,51+,52+,53+,54+,55+,56+,57+,58+,59+,60+,61+,62+,63+/m1/s1. The number of hydrogen-bond donors (Lipinski definition) is 16. The molecule has 49 nitrogen and oxygen atoms in total. The molecule has 0 aliphatic carbocycles. The van der Waals surface area contributed by atoms with Gasteiger partial charge < -0.3 is 142 Å². The van der Waals surface area contributed by atoms with Crippen molar-refractivity contribution in [3.05, 3.63) is 0 Å². The van der Waals surface area contributed by atoms with Crippen LogP contribution in [0.15, 0.2) is 0 Å². The molecule has 0 radical (unpaired) electrons. The maximum absolute atomic E-state index is 14.5. The fraction of sp³-hybridized carbons (Fsp3) is 0.750. The highest BCUT2D eigenvalue weighted by Crippen LogP contribution is 2.34. The lowest BCUT2D eigenvalue weighted by molar-refractivity contribution is -0.148. The number of likely N-dealkylation sites (tertiary alicyclic amines) is 12. The lowest BCUT2D eigenvalue weighted by Gasteiger charge is -2.32. The van der Waals surface area contributed by atoms with E-state index < -0.39 is 285 Å². The van der Waals surface area contributed by atoms with Gasteiger partial charge in [0.2, 0.25) is 118 Å².